The fourth-order valence-electron chi connectivity index (χ4n) is 2.57. The summed E-state index contributed by atoms with van der Waals surface area (Å²) in [4.78, 5) is 28.4. The highest BCUT2D eigenvalue weighted by atomic mass is 35.5. The maximum atomic E-state index is 12.1. The molecule has 0 unspecified atom stereocenters. The molecule has 9 heteroatoms. The molecular weight excluding hydrogens is 386 g/mol. The van der Waals surface area contributed by atoms with Crippen LogP contribution < -0.4 is 4.74 Å². The third-order valence-corrected chi connectivity index (χ3v) is 4.41. The molecule has 1 saturated heterocycles. The minimum atomic E-state index is -0.550. The lowest BCUT2D eigenvalue weighted by atomic mass is 10.2. The first-order valence-electron chi connectivity index (χ1n) is 8.59. The Kier molecular flexibility index (Phi) is 6.57. The zero-order chi connectivity index (χ0) is 19.9. The van der Waals surface area contributed by atoms with Crippen LogP contribution in [0.5, 0.6) is 5.75 Å². The summed E-state index contributed by atoms with van der Waals surface area (Å²) in [6, 6.07) is 11.4. The fourth-order valence-corrected chi connectivity index (χ4v) is 2.76. The normalized spacial score (nSPS) is 14.2. The predicted octanol–water partition coefficient (Wildman–Crippen LogP) is 3.24. The monoisotopic (exact) mass is 403 g/mol. The van der Waals surface area contributed by atoms with Gasteiger partial charge in [-0.2, -0.15) is 0 Å². The Morgan fingerprint density at radius 1 is 1.25 bits per heavy atom. The molecule has 0 N–H and O–H groups in total. The summed E-state index contributed by atoms with van der Waals surface area (Å²) in [7, 11) is 0. The molecule has 0 spiro atoms. The van der Waals surface area contributed by atoms with Gasteiger partial charge in [-0.05, 0) is 42.0 Å². The predicted molar refractivity (Wildman–Crippen MR) is 105 cm³/mol. The average Bonchev–Trinajstić information content (AvgIpc) is 2.72. The van der Waals surface area contributed by atoms with Crippen LogP contribution in [0.3, 0.4) is 0 Å². The fraction of sp³-hybridized carbons (Fsp3) is 0.263. The Hall–Kier alpha value is -2.97. The van der Waals surface area contributed by atoms with Crippen LogP contribution in [0.4, 0.5) is 11.4 Å². The number of carbonyl (C=O) groups excluding carboxylic acids is 1. The Morgan fingerprint density at radius 2 is 1.96 bits per heavy atom. The molecule has 3 rings (SSSR count). The van der Waals surface area contributed by atoms with Crippen molar-refractivity contribution in [1.82, 2.24) is 4.90 Å². The van der Waals surface area contributed by atoms with Crippen molar-refractivity contribution in [1.29, 1.82) is 0 Å². The first-order valence-corrected chi connectivity index (χ1v) is 8.97. The number of morpholine rings is 1. The van der Waals surface area contributed by atoms with Crippen LogP contribution in [-0.2, 0) is 9.53 Å². The molecule has 1 fully saturated rings. The second-order valence-electron chi connectivity index (χ2n) is 6.00. The van der Waals surface area contributed by atoms with Crippen LogP contribution in [0.2, 0.25) is 5.02 Å². The quantitative estimate of drug-likeness (QED) is 0.419. The van der Waals surface area contributed by atoms with Crippen molar-refractivity contribution < 1.29 is 19.2 Å². The second kappa shape index (κ2) is 9.29. The molecule has 1 heterocycles. The number of nitrogens with zero attached hydrogens (tertiary/aromatic N) is 3. The van der Waals surface area contributed by atoms with Gasteiger partial charge < -0.3 is 14.4 Å². The number of hydrogen-bond donors (Lipinski definition) is 0. The first-order chi connectivity index (χ1) is 13.5. The highest BCUT2D eigenvalue weighted by Gasteiger charge is 2.17. The number of nitro benzene ring substituents is 1. The van der Waals surface area contributed by atoms with Gasteiger partial charge in [-0.25, -0.2) is 0 Å². The van der Waals surface area contributed by atoms with E-state index in [2.05, 4.69) is 4.99 Å². The molecule has 146 valence electrons. The van der Waals surface area contributed by atoms with E-state index in [4.69, 9.17) is 21.1 Å². The smallest absolute Gasteiger partial charge is 0.290 e. The van der Waals surface area contributed by atoms with Gasteiger partial charge in [0, 0.05) is 25.4 Å². The van der Waals surface area contributed by atoms with Gasteiger partial charge in [-0.15, -0.1) is 0 Å². The number of hydrogen-bond acceptors (Lipinski definition) is 6. The largest absolute Gasteiger partial charge is 0.484 e. The number of halogens is 1. The molecule has 0 aromatic heterocycles. The third-order valence-electron chi connectivity index (χ3n) is 4.10. The molecule has 0 radical (unpaired) electrons. The maximum absolute atomic E-state index is 12.1. The Labute approximate surface area is 166 Å². The lowest BCUT2D eigenvalue weighted by Crippen LogP contribution is -2.42. The standard InChI is InChI=1S/C19H18ClN3O5/c20-17-6-3-15(11-18(17)23(25)26)21-12-14-1-4-16(5-2-14)28-13-19(24)22-7-9-27-10-8-22/h1-6,11-12H,7-10,13H2. The lowest BCUT2D eigenvalue weighted by Gasteiger charge is -2.26. The number of benzene rings is 2. The summed E-state index contributed by atoms with van der Waals surface area (Å²) in [5, 5.41) is 11.0. The van der Waals surface area contributed by atoms with Crippen molar-refractivity contribution in [3.63, 3.8) is 0 Å². The van der Waals surface area contributed by atoms with E-state index in [0.717, 1.165) is 5.56 Å². The lowest BCUT2D eigenvalue weighted by molar-refractivity contribution is -0.384. The van der Waals surface area contributed by atoms with E-state index in [9.17, 15) is 14.9 Å². The van der Waals surface area contributed by atoms with Crippen molar-refractivity contribution in [2.45, 2.75) is 0 Å². The van der Waals surface area contributed by atoms with Gasteiger partial charge >= 0.3 is 0 Å². The zero-order valence-corrected chi connectivity index (χ0v) is 15.7. The van der Waals surface area contributed by atoms with E-state index in [1.165, 1.54) is 12.1 Å². The Bertz CT molecular complexity index is 880. The molecule has 0 saturated carbocycles. The van der Waals surface area contributed by atoms with E-state index >= 15 is 0 Å². The number of ether oxygens (including phenoxy) is 2. The van der Waals surface area contributed by atoms with Crippen LogP contribution in [0.1, 0.15) is 5.56 Å². The molecule has 1 amide bonds. The van der Waals surface area contributed by atoms with Crippen LogP contribution in [-0.4, -0.2) is 54.9 Å². The molecule has 1 aliphatic rings. The van der Waals surface area contributed by atoms with E-state index in [1.54, 1.807) is 41.4 Å². The number of aliphatic imine (C=N–C) groups is 1. The topological polar surface area (TPSA) is 94.3 Å². The van der Waals surface area contributed by atoms with Crippen LogP contribution >= 0.6 is 11.6 Å². The van der Waals surface area contributed by atoms with Crippen molar-refractivity contribution in [3.8, 4) is 5.75 Å². The number of nitro groups is 1. The van der Waals surface area contributed by atoms with Gasteiger partial charge in [0.2, 0.25) is 0 Å². The summed E-state index contributed by atoms with van der Waals surface area (Å²) in [6.45, 7) is 2.25. The van der Waals surface area contributed by atoms with Gasteiger partial charge in [0.15, 0.2) is 6.61 Å². The molecule has 1 aliphatic heterocycles. The maximum Gasteiger partial charge on any atom is 0.290 e. The van der Waals surface area contributed by atoms with E-state index in [0.29, 0.717) is 37.7 Å². The van der Waals surface area contributed by atoms with Crippen molar-refractivity contribution in [3.05, 3.63) is 63.2 Å². The molecule has 0 bridgehead atoms. The summed E-state index contributed by atoms with van der Waals surface area (Å²) < 4.78 is 10.7. The van der Waals surface area contributed by atoms with E-state index in [1.807, 2.05) is 0 Å². The summed E-state index contributed by atoms with van der Waals surface area (Å²) in [5.74, 6) is 0.499. The average molecular weight is 404 g/mol. The van der Waals surface area contributed by atoms with E-state index in [-0.39, 0.29) is 23.2 Å². The molecule has 2 aromatic rings. The Morgan fingerprint density at radius 3 is 2.64 bits per heavy atom. The molecule has 8 nitrogen and oxygen atoms in total. The van der Waals surface area contributed by atoms with Gasteiger partial charge in [0.1, 0.15) is 10.8 Å². The molecular formula is C19H18ClN3O5. The zero-order valence-electron chi connectivity index (χ0n) is 14.9. The number of rotatable bonds is 6. The SMILES string of the molecule is O=C(COc1ccc(C=Nc2ccc(Cl)c([N+](=O)[O-])c2)cc1)N1CCOCC1. The molecule has 28 heavy (non-hydrogen) atoms. The highest BCUT2D eigenvalue weighted by molar-refractivity contribution is 6.32. The van der Waals surface area contributed by atoms with Gasteiger partial charge in [-0.3, -0.25) is 19.9 Å². The van der Waals surface area contributed by atoms with Crippen molar-refractivity contribution >= 4 is 35.1 Å². The number of carbonyl (C=O) groups is 1. The first kappa shape index (κ1) is 19.8. The molecule has 0 aliphatic carbocycles. The van der Waals surface area contributed by atoms with Crippen LogP contribution in [0.25, 0.3) is 0 Å². The van der Waals surface area contributed by atoms with Gasteiger partial charge in [0.05, 0.1) is 23.8 Å². The number of amides is 1. The summed E-state index contributed by atoms with van der Waals surface area (Å²) in [5.41, 5.74) is 1.02. The minimum Gasteiger partial charge on any atom is -0.484 e. The summed E-state index contributed by atoms with van der Waals surface area (Å²) >= 11 is 5.79. The minimum absolute atomic E-state index is 0.0259. The van der Waals surface area contributed by atoms with Crippen molar-refractivity contribution in [2.24, 2.45) is 4.99 Å². The highest BCUT2D eigenvalue weighted by Crippen LogP contribution is 2.28. The molecule has 2 aromatic carbocycles. The van der Waals surface area contributed by atoms with E-state index < -0.39 is 4.92 Å². The van der Waals surface area contributed by atoms with Crippen molar-refractivity contribution in [2.75, 3.05) is 32.9 Å². The summed E-state index contributed by atoms with van der Waals surface area (Å²) in [6.07, 6.45) is 1.58. The van der Waals surface area contributed by atoms with Crippen LogP contribution in [0.15, 0.2) is 47.5 Å². The van der Waals surface area contributed by atoms with Gasteiger partial charge in [-0.1, -0.05) is 11.6 Å². The van der Waals surface area contributed by atoms with Gasteiger partial charge in [0.25, 0.3) is 11.6 Å². The van der Waals surface area contributed by atoms with Crippen LogP contribution in [0, 0.1) is 10.1 Å². The second-order valence-corrected chi connectivity index (χ2v) is 6.41. The Balaban J connectivity index is 1.57. The third kappa shape index (κ3) is 5.28. The molecule has 0 atom stereocenters.